The van der Waals surface area contributed by atoms with Gasteiger partial charge in [0.1, 0.15) is 0 Å². The maximum atomic E-state index is 9.85. The van der Waals surface area contributed by atoms with Gasteiger partial charge in [-0.05, 0) is 32.1 Å². The molecule has 0 radical (unpaired) electrons. The first-order valence-electron chi connectivity index (χ1n) is 7.88. The highest BCUT2D eigenvalue weighted by Crippen LogP contribution is 2.22. The minimum absolute atomic E-state index is 0.285. The summed E-state index contributed by atoms with van der Waals surface area (Å²) in [6.45, 7) is 3.51. The molecule has 3 rings (SSSR count). The van der Waals surface area contributed by atoms with E-state index in [4.69, 9.17) is 0 Å². The van der Waals surface area contributed by atoms with Crippen LogP contribution in [0.15, 0.2) is 0 Å². The highest BCUT2D eigenvalue weighted by molar-refractivity contribution is 5.45. The quantitative estimate of drug-likeness (QED) is 0.855. The number of nitrogens with one attached hydrogen (secondary N) is 1. The molecule has 1 atom stereocenters. The summed E-state index contributed by atoms with van der Waals surface area (Å²) in [6, 6.07) is 0. The molecule has 2 saturated heterocycles. The van der Waals surface area contributed by atoms with Crippen LogP contribution in [0.25, 0.3) is 0 Å². The average Bonchev–Trinajstić information content (AvgIpc) is 2.55. The number of hydrogen-bond acceptors (Lipinski definition) is 7. The number of hydrogen-bond donors (Lipinski definition) is 2. The average molecular weight is 292 g/mol. The SMILES string of the molecule is CNc1nc(N2CCCCC2)nc(N2CCCC(O)C2)n1. The second kappa shape index (κ2) is 6.43. The first-order valence-corrected chi connectivity index (χ1v) is 7.88. The van der Waals surface area contributed by atoms with E-state index in [1.54, 1.807) is 0 Å². The van der Waals surface area contributed by atoms with Gasteiger partial charge >= 0.3 is 0 Å². The molecular weight excluding hydrogens is 268 g/mol. The summed E-state index contributed by atoms with van der Waals surface area (Å²) in [5.74, 6) is 2.03. The minimum Gasteiger partial charge on any atom is -0.391 e. The molecular formula is C14H24N6O. The Kier molecular flexibility index (Phi) is 4.38. The Bertz CT molecular complexity index is 477. The summed E-state index contributed by atoms with van der Waals surface area (Å²) in [5, 5.41) is 12.9. The molecule has 0 aromatic carbocycles. The molecule has 2 aliphatic rings. The van der Waals surface area contributed by atoms with Gasteiger partial charge in [-0.15, -0.1) is 0 Å². The van der Waals surface area contributed by atoms with Gasteiger partial charge in [-0.1, -0.05) is 0 Å². The zero-order chi connectivity index (χ0) is 14.7. The topological polar surface area (TPSA) is 77.4 Å². The van der Waals surface area contributed by atoms with Crippen LogP contribution in [0.5, 0.6) is 0 Å². The number of anilines is 3. The lowest BCUT2D eigenvalue weighted by atomic mass is 10.1. The molecule has 0 bridgehead atoms. The maximum Gasteiger partial charge on any atom is 0.232 e. The predicted molar refractivity (Wildman–Crippen MR) is 82.9 cm³/mol. The standard InChI is InChI=1S/C14H24N6O/c1-15-12-16-13(19-7-3-2-4-8-19)18-14(17-12)20-9-5-6-11(21)10-20/h11,21H,2-10H2,1H3,(H,15,16,17,18). The van der Waals surface area contributed by atoms with E-state index >= 15 is 0 Å². The van der Waals surface area contributed by atoms with Crippen molar-refractivity contribution in [2.45, 2.75) is 38.2 Å². The van der Waals surface area contributed by atoms with Crippen molar-refractivity contribution in [2.75, 3.05) is 48.3 Å². The van der Waals surface area contributed by atoms with Gasteiger partial charge in [0.25, 0.3) is 0 Å². The van der Waals surface area contributed by atoms with E-state index in [2.05, 4.69) is 30.1 Å². The third kappa shape index (κ3) is 3.34. The minimum atomic E-state index is -0.285. The van der Waals surface area contributed by atoms with E-state index < -0.39 is 0 Å². The fourth-order valence-corrected chi connectivity index (χ4v) is 2.98. The fraction of sp³-hybridized carbons (Fsp3) is 0.786. The molecule has 3 heterocycles. The number of β-amino-alcohol motifs (C(OH)–C–C–N with tert-alkyl or cyclic N) is 1. The predicted octanol–water partition coefficient (Wildman–Crippen LogP) is 0.865. The van der Waals surface area contributed by atoms with Crippen LogP contribution in [-0.4, -0.2) is 59.4 Å². The molecule has 0 amide bonds. The van der Waals surface area contributed by atoms with E-state index in [9.17, 15) is 5.11 Å². The Morgan fingerprint density at radius 2 is 1.62 bits per heavy atom. The number of aromatic nitrogens is 3. The third-order valence-electron chi connectivity index (χ3n) is 4.15. The third-order valence-corrected chi connectivity index (χ3v) is 4.15. The second-order valence-corrected chi connectivity index (χ2v) is 5.80. The van der Waals surface area contributed by atoms with Gasteiger partial charge < -0.3 is 20.2 Å². The number of nitrogens with zero attached hydrogens (tertiary/aromatic N) is 5. The smallest absolute Gasteiger partial charge is 0.232 e. The molecule has 2 aliphatic heterocycles. The van der Waals surface area contributed by atoms with E-state index in [0.29, 0.717) is 18.4 Å². The Morgan fingerprint density at radius 3 is 2.29 bits per heavy atom. The van der Waals surface area contributed by atoms with Crippen molar-refractivity contribution in [2.24, 2.45) is 0 Å². The summed E-state index contributed by atoms with van der Waals surface area (Å²) in [4.78, 5) is 17.9. The Hall–Kier alpha value is -1.63. The number of aliphatic hydroxyl groups is 1. The number of piperidine rings is 2. The molecule has 7 nitrogen and oxygen atoms in total. The maximum absolute atomic E-state index is 9.85. The normalized spacial score (nSPS) is 23.2. The van der Waals surface area contributed by atoms with Gasteiger partial charge in [0.2, 0.25) is 17.8 Å². The summed E-state index contributed by atoms with van der Waals surface area (Å²) in [6.07, 6.45) is 5.22. The Labute approximate surface area is 125 Å². The molecule has 0 spiro atoms. The molecule has 0 saturated carbocycles. The van der Waals surface area contributed by atoms with Crippen LogP contribution < -0.4 is 15.1 Å². The van der Waals surface area contributed by atoms with E-state index in [1.807, 2.05) is 7.05 Å². The van der Waals surface area contributed by atoms with Crippen LogP contribution in [0, 0.1) is 0 Å². The summed E-state index contributed by atoms with van der Waals surface area (Å²) in [7, 11) is 1.82. The van der Waals surface area contributed by atoms with Crippen molar-refractivity contribution in [1.29, 1.82) is 0 Å². The van der Waals surface area contributed by atoms with Gasteiger partial charge in [-0.25, -0.2) is 0 Å². The van der Waals surface area contributed by atoms with E-state index in [-0.39, 0.29) is 6.10 Å². The van der Waals surface area contributed by atoms with E-state index in [1.165, 1.54) is 19.3 Å². The zero-order valence-corrected chi connectivity index (χ0v) is 12.6. The van der Waals surface area contributed by atoms with Crippen LogP contribution in [0.2, 0.25) is 0 Å². The van der Waals surface area contributed by atoms with Crippen molar-refractivity contribution in [3.8, 4) is 0 Å². The molecule has 0 aliphatic carbocycles. The molecule has 2 fully saturated rings. The molecule has 116 valence electrons. The monoisotopic (exact) mass is 292 g/mol. The zero-order valence-electron chi connectivity index (χ0n) is 12.6. The van der Waals surface area contributed by atoms with Crippen molar-refractivity contribution in [3.05, 3.63) is 0 Å². The van der Waals surface area contributed by atoms with Crippen molar-refractivity contribution >= 4 is 17.8 Å². The molecule has 7 heteroatoms. The van der Waals surface area contributed by atoms with Crippen LogP contribution in [0.3, 0.4) is 0 Å². The summed E-state index contributed by atoms with van der Waals surface area (Å²) < 4.78 is 0. The first kappa shape index (κ1) is 14.3. The Morgan fingerprint density at radius 1 is 0.952 bits per heavy atom. The highest BCUT2D eigenvalue weighted by atomic mass is 16.3. The molecule has 21 heavy (non-hydrogen) atoms. The van der Waals surface area contributed by atoms with Gasteiger partial charge in [0, 0.05) is 33.2 Å². The van der Waals surface area contributed by atoms with E-state index in [0.717, 1.165) is 38.4 Å². The fourth-order valence-electron chi connectivity index (χ4n) is 2.98. The van der Waals surface area contributed by atoms with Crippen molar-refractivity contribution in [3.63, 3.8) is 0 Å². The van der Waals surface area contributed by atoms with Crippen molar-refractivity contribution < 1.29 is 5.11 Å². The van der Waals surface area contributed by atoms with Gasteiger partial charge in [0.05, 0.1) is 6.10 Å². The molecule has 1 aromatic heterocycles. The van der Waals surface area contributed by atoms with Gasteiger partial charge in [-0.3, -0.25) is 0 Å². The lowest BCUT2D eigenvalue weighted by Crippen LogP contribution is -2.40. The largest absolute Gasteiger partial charge is 0.391 e. The number of rotatable bonds is 3. The lowest BCUT2D eigenvalue weighted by Gasteiger charge is -2.31. The van der Waals surface area contributed by atoms with Crippen LogP contribution in [0.4, 0.5) is 17.8 Å². The van der Waals surface area contributed by atoms with Crippen molar-refractivity contribution in [1.82, 2.24) is 15.0 Å². The van der Waals surface area contributed by atoms with Crippen LogP contribution in [0.1, 0.15) is 32.1 Å². The molecule has 1 unspecified atom stereocenters. The van der Waals surface area contributed by atoms with Gasteiger partial charge in [0.15, 0.2) is 0 Å². The summed E-state index contributed by atoms with van der Waals surface area (Å²) in [5.41, 5.74) is 0. The van der Waals surface area contributed by atoms with Crippen LogP contribution >= 0.6 is 0 Å². The summed E-state index contributed by atoms with van der Waals surface area (Å²) >= 11 is 0. The van der Waals surface area contributed by atoms with Crippen LogP contribution in [-0.2, 0) is 0 Å². The lowest BCUT2D eigenvalue weighted by molar-refractivity contribution is 0.153. The number of aliphatic hydroxyl groups excluding tert-OH is 1. The molecule has 1 aromatic rings. The second-order valence-electron chi connectivity index (χ2n) is 5.80. The first-order chi connectivity index (χ1) is 10.3. The molecule has 2 N–H and O–H groups in total. The van der Waals surface area contributed by atoms with Gasteiger partial charge in [-0.2, -0.15) is 15.0 Å². The highest BCUT2D eigenvalue weighted by Gasteiger charge is 2.23. The Balaban J connectivity index is 1.85.